The number of methoxy groups -OCH3 is 2. The van der Waals surface area contributed by atoms with Gasteiger partial charge in [-0.05, 0) is 42.4 Å². The van der Waals surface area contributed by atoms with E-state index in [1.165, 1.54) is 4.90 Å². The Kier molecular flexibility index (Phi) is 12.3. The van der Waals surface area contributed by atoms with Crippen molar-refractivity contribution < 1.29 is 24.1 Å². The van der Waals surface area contributed by atoms with Crippen LogP contribution in [0, 0.1) is 11.8 Å². The molecular formula is C23H41N3O5. The van der Waals surface area contributed by atoms with Crippen molar-refractivity contribution in [1.82, 2.24) is 10.2 Å². The molecule has 4 N–H and O–H groups in total. The lowest BCUT2D eigenvalue weighted by Gasteiger charge is -2.28. The van der Waals surface area contributed by atoms with Crippen LogP contribution in [0.5, 0.6) is 11.5 Å². The SMILES string of the molecule is COCCCOc1cc(C[C@@H](C[C@H](N)[C@@H](O)CNC(=O)N(C)C)C(C)C)ccc1OC. The van der Waals surface area contributed by atoms with E-state index in [-0.39, 0.29) is 18.5 Å². The molecule has 0 aliphatic heterocycles. The highest BCUT2D eigenvalue weighted by atomic mass is 16.5. The molecular weight excluding hydrogens is 398 g/mol. The minimum atomic E-state index is -0.805. The Balaban J connectivity index is 2.75. The first-order valence-corrected chi connectivity index (χ1v) is 10.9. The molecule has 0 saturated heterocycles. The fourth-order valence-electron chi connectivity index (χ4n) is 3.25. The van der Waals surface area contributed by atoms with E-state index >= 15 is 0 Å². The van der Waals surface area contributed by atoms with Crippen molar-refractivity contribution in [2.75, 3.05) is 48.1 Å². The third-order valence-electron chi connectivity index (χ3n) is 5.36. The summed E-state index contributed by atoms with van der Waals surface area (Å²) in [4.78, 5) is 13.1. The molecule has 31 heavy (non-hydrogen) atoms. The summed E-state index contributed by atoms with van der Waals surface area (Å²) < 4.78 is 16.4. The van der Waals surface area contributed by atoms with Gasteiger partial charge in [0.25, 0.3) is 0 Å². The first kappa shape index (κ1) is 27.0. The van der Waals surface area contributed by atoms with Crippen LogP contribution in [-0.2, 0) is 11.2 Å². The van der Waals surface area contributed by atoms with E-state index in [0.717, 1.165) is 18.4 Å². The molecule has 1 aromatic rings. The number of rotatable bonds is 14. The van der Waals surface area contributed by atoms with Gasteiger partial charge in [-0.2, -0.15) is 0 Å². The maximum Gasteiger partial charge on any atom is 0.316 e. The van der Waals surface area contributed by atoms with Gasteiger partial charge in [0, 0.05) is 46.8 Å². The molecule has 0 spiro atoms. The average Bonchev–Trinajstić information content (AvgIpc) is 2.74. The van der Waals surface area contributed by atoms with Crippen LogP contribution < -0.4 is 20.5 Å². The molecule has 0 fully saturated rings. The topological polar surface area (TPSA) is 106 Å². The summed E-state index contributed by atoms with van der Waals surface area (Å²) in [5.74, 6) is 2.06. The maximum absolute atomic E-state index is 11.7. The highest BCUT2D eigenvalue weighted by Gasteiger charge is 2.23. The normalized spacial score (nSPS) is 14.1. The van der Waals surface area contributed by atoms with Crippen molar-refractivity contribution in [1.29, 1.82) is 0 Å². The third kappa shape index (κ3) is 9.76. The van der Waals surface area contributed by atoms with Crippen LogP contribution in [0.2, 0.25) is 0 Å². The predicted octanol–water partition coefficient (Wildman–Crippen LogP) is 2.27. The summed E-state index contributed by atoms with van der Waals surface area (Å²) in [7, 11) is 6.61. The summed E-state index contributed by atoms with van der Waals surface area (Å²) in [5, 5.41) is 13.1. The van der Waals surface area contributed by atoms with Crippen LogP contribution in [-0.4, -0.2) is 76.3 Å². The number of aliphatic hydroxyl groups excluding tert-OH is 1. The number of nitrogens with one attached hydrogen (secondary N) is 1. The summed E-state index contributed by atoms with van der Waals surface area (Å²) >= 11 is 0. The number of ether oxygens (including phenoxy) is 3. The number of urea groups is 1. The van der Waals surface area contributed by atoms with Crippen LogP contribution in [0.1, 0.15) is 32.3 Å². The van der Waals surface area contributed by atoms with Crippen LogP contribution in [0.25, 0.3) is 0 Å². The minimum Gasteiger partial charge on any atom is -0.493 e. The Hall–Kier alpha value is -2.03. The molecule has 178 valence electrons. The smallest absolute Gasteiger partial charge is 0.316 e. The summed E-state index contributed by atoms with van der Waals surface area (Å²) in [6.07, 6.45) is 1.45. The van der Waals surface area contributed by atoms with Gasteiger partial charge in [0.1, 0.15) is 0 Å². The van der Waals surface area contributed by atoms with Gasteiger partial charge in [0.15, 0.2) is 11.5 Å². The lowest BCUT2D eigenvalue weighted by molar-refractivity contribution is 0.123. The van der Waals surface area contributed by atoms with Crippen LogP contribution in [0.4, 0.5) is 4.79 Å². The zero-order valence-corrected chi connectivity index (χ0v) is 19.9. The quantitative estimate of drug-likeness (QED) is 0.384. The van der Waals surface area contributed by atoms with E-state index < -0.39 is 12.1 Å². The Morgan fingerprint density at radius 1 is 1.19 bits per heavy atom. The summed E-state index contributed by atoms with van der Waals surface area (Å²) in [6, 6.07) is 5.29. The number of hydrogen-bond acceptors (Lipinski definition) is 6. The van der Waals surface area contributed by atoms with Gasteiger partial charge >= 0.3 is 6.03 Å². The molecule has 0 unspecified atom stereocenters. The zero-order chi connectivity index (χ0) is 23.4. The summed E-state index contributed by atoms with van der Waals surface area (Å²) in [6.45, 7) is 5.64. The Labute approximate surface area is 187 Å². The molecule has 0 radical (unpaired) electrons. The molecule has 0 heterocycles. The van der Waals surface area contributed by atoms with Gasteiger partial charge in [-0.25, -0.2) is 4.79 Å². The monoisotopic (exact) mass is 439 g/mol. The number of carbonyl (C=O) groups is 1. The van der Waals surface area contributed by atoms with E-state index in [0.29, 0.717) is 37.1 Å². The second-order valence-electron chi connectivity index (χ2n) is 8.44. The number of nitrogens with two attached hydrogens (primary N) is 1. The number of hydrogen-bond donors (Lipinski definition) is 3. The molecule has 0 saturated carbocycles. The number of carbonyl (C=O) groups excluding carboxylic acids is 1. The average molecular weight is 440 g/mol. The first-order chi connectivity index (χ1) is 14.7. The molecule has 0 aliphatic rings. The fraction of sp³-hybridized carbons (Fsp3) is 0.696. The van der Waals surface area contributed by atoms with E-state index in [9.17, 15) is 9.90 Å². The van der Waals surface area contributed by atoms with Gasteiger partial charge in [-0.3, -0.25) is 0 Å². The zero-order valence-electron chi connectivity index (χ0n) is 19.9. The molecule has 8 nitrogen and oxygen atoms in total. The van der Waals surface area contributed by atoms with Gasteiger partial charge < -0.3 is 35.3 Å². The molecule has 3 atom stereocenters. The largest absolute Gasteiger partial charge is 0.493 e. The van der Waals surface area contributed by atoms with Crippen molar-refractivity contribution in [3.05, 3.63) is 23.8 Å². The molecule has 8 heteroatoms. The number of nitrogens with zero attached hydrogens (tertiary/aromatic N) is 1. The van der Waals surface area contributed by atoms with E-state index in [2.05, 4.69) is 19.2 Å². The van der Waals surface area contributed by atoms with E-state index in [1.807, 2.05) is 18.2 Å². The summed E-state index contributed by atoms with van der Waals surface area (Å²) in [5.41, 5.74) is 7.40. The first-order valence-electron chi connectivity index (χ1n) is 10.9. The van der Waals surface area contributed by atoms with Crippen molar-refractivity contribution in [2.45, 2.75) is 45.3 Å². The lowest BCUT2D eigenvalue weighted by Crippen LogP contribution is -2.46. The number of aliphatic hydroxyl groups is 1. The van der Waals surface area contributed by atoms with Gasteiger partial charge in [-0.1, -0.05) is 19.9 Å². The fourth-order valence-corrected chi connectivity index (χ4v) is 3.25. The van der Waals surface area contributed by atoms with Crippen molar-refractivity contribution >= 4 is 6.03 Å². The molecule has 1 rings (SSSR count). The van der Waals surface area contributed by atoms with Crippen LogP contribution in [0.15, 0.2) is 18.2 Å². The number of amides is 2. The second kappa shape index (κ2) is 14.1. The van der Waals surface area contributed by atoms with Gasteiger partial charge in [0.05, 0.1) is 19.8 Å². The molecule has 0 aliphatic carbocycles. The Morgan fingerprint density at radius 3 is 2.48 bits per heavy atom. The third-order valence-corrected chi connectivity index (χ3v) is 5.36. The van der Waals surface area contributed by atoms with Crippen molar-refractivity contribution in [3.8, 4) is 11.5 Å². The van der Waals surface area contributed by atoms with Crippen molar-refractivity contribution in [2.24, 2.45) is 17.6 Å². The second-order valence-corrected chi connectivity index (χ2v) is 8.44. The number of benzene rings is 1. The minimum absolute atomic E-state index is 0.130. The molecule has 0 bridgehead atoms. The van der Waals surface area contributed by atoms with Crippen LogP contribution >= 0.6 is 0 Å². The lowest BCUT2D eigenvalue weighted by atomic mass is 9.83. The van der Waals surface area contributed by atoms with Gasteiger partial charge in [-0.15, -0.1) is 0 Å². The standard InChI is InChI=1S/C23H41N3O5/c1-16(2)18(14-19(24)20(27)15-25-23(28)26(3)4)12-17-8-9-21(30-6)22(13-17)31-11-7-10-29-5/h8-9,13,16,18-20,27H,7,10-12,14-15,24H2,1-6H3,(H,25,28)/t18-,19-,20-/m0/s1. The molecule has 1 aromatic carbocycles. The highest BCUT2D eigenvalue weighted by Crippen LogP contribution is 2.31. The van der Waals surface area contributed by atoms with Crippen LogP contribution in [0.3, 0.4) is 0 Å². The highest BCUT2D eigenvalue weighted by molar-refractivity contribution is 5.73. The van der Waals surface area contributed by atoms with E-state index in [1.54, 1.807) is 28.3 Å². The van der Waals surface area contributed by atoms with Gasteiger partial charge in [0.2, 0.25) is 0 Å². The molecule has 2 amide bonds. The van der Waals surface area contributed by atoms with E-state index in [4.69, 9.17) is 19.9 Å². The predicted molar refractivity (Wildman–Crippen MR) is 123 cm³/mol. The maximum atomic E-state index is 11.7. The van der Waals surface area contributed by atoms with Crippen molar-refractivity contribution in [3.63, 3.8) is 0 Å². The Morgan fingerprint density at radius 2 is 1.90 bits per heavy atom. The molecule has 0 aromatic heterocycles. The Bertz CT molecular complexity index is 654.